The number of carbonyl (C=O) groups excluding carboxylic acids is 2. The van der Waals surface area contributed by atoms with Crippen molar-refractivity contribution in [1.82, 2.24) is 15.5 Å². The van der Waals surface area contributed by atoms with Crippen LogP contribution >= 0.6 is 0 Å². The van der Waals surface area contributed by atoms with Gasteiger partial charge in [-0.3, -0.25) is 4.79 Å². The molecule has 7 heteroatoms. The molecule has 0 aliphatic carbocycles. The second-order valence-corrected chi connectivity index (χ2v) is 9.51. The maximum Gasteiger partial charge on any atom is 0.407 e. The predicted molar refractivity (Wildman–Crippen MR) is 134 cm³/mol. The SMILES string of the molecule is CN(CCCc1ccc(CNC(=O)OC(C)(C)C)cc1)CCNC(=O)c1ccc2occc2c1. The van der Waals surface area contributed by atoms with Crippen LogP contribution in [0.3, 0.4) is 0 Å². The van der Waals surface area contributed by atoms with Gasteiger partial charge in [-0.15, -0.1) is 0 Å². The standard InChI is InChI=1S/C27H35N3O4/c1-27(2,3)34-26(32)29-19-21-9-7-20(8-10-21)6-5-15-30(4)16-14-28-25(31)23-11-12-24-22(18-23)13-17-33-24/h7-13,17-18H,5-6,14-16,19H2,1-4H3,(H,28,31)(H,29,32). The summed E-state index contributed by atoms with van der Waals surface area (Å²) in [5.41, 5.74) is 3.22. The van der Waals surface area contributed by atoms with Gasteiger partial charge in [0.05, 0.1) is 6.26 Å². The number of amides is 2. The lowest BCUT2D eigenvalue weighted by atomic mass is 10.1. The Balaban J connectivity index is 1.31. The maximum atomic E-state index is 12.4. The number of alkyl carbamates (subject to hydrolysis) is 1. The number of aryl methyl sites for hydroxylation is 1. The Morgan fingerprint density at radius 3 is 2.44 bits per heavy atom. The van der Waals surface area contributed by atoms with Gasteiger partial charge < -0.3 is 24.7 Å². The maximum absolute atomic E-state index is 12.4. The molecular formula is C27H35N3O4. The van der Waals surface area contributed by atoms with Crippen LogP contribution in [0.4, 0.5) is 4.79 Å². The first kappa shape index (κ1) is 25.3. The zero-order chi connectivity index (χ0) is 24.6. The number of ether oxygens (including phenoxy) is 1. The lowest BCUT2D eigenvalue weighted by Gasteiger charge is -2.19. The quantitative estimate of drug-likeness (QED) is 0.451. The summed E-state index contributed by atoms with van der Waals surface area (Å²) in [7, 11) is 2.06. The second-order valence-electron chi connectivity index (χ2n) is 9.51. The molecule has 0 spiro atoms. The minimum Gasteiger partial charge on any atom is -0.464 e. The molecule has 2 N–H and O–H groups in total. The van der Waals surface area contributed by atoms with Gasteiger partial charge in [-0.25, -0.2) is 4.79 Å². The first-order valence-corrected chi connectivity index (χ1v) is 11.7. The van der Waals surface area contributed by atoms with Crippen molar-refractivity contribution in [2.24, 2.45) is 0 Å². The van der Waals surface area contributed by atoms with Crippen molar-refractivity contribution in [1.29, 1.82) is 0 Å². The summed E-state index contributed by atoms with van der Waals surface area (Å²) in [6.45, 7) is 8.31. The third-order valence-electron chi connectivity index (χ3n) is 5.36. The number of nitrogens with one attached hydrogen (secondary N) is 2. The van der Waals surface area contributed by atoms with E-state index in [1.54, 1.807) is 12.3 Å². The minimum atomic E-state index is -0.498. The van der Waals surface area contributed by atoms with Crippen LogP contribution < -0.4 is 10.6 Å². The predicted octanol–water partition coefficient (Wildman–Crippen LogP) is 4.75. The Bertz CT molecular complexity index is 1080. The molecule has 3 rings (SSSR count). The first-order valence-electron chi connectivity index (χ1n) is 11.7. The fourth-order valence-electron chi connectivity index (χ4n) is 3.55. The van der Waals surface area contributed by atoms with Crippen LogP contribution in [-0.2, 0) is 17.7 Å². The summed E-state index contributed by atoms with van der Waals surface area (Å²) in [6, 6.07) is 15.6. The highest BCUT2D eigenvalue weighted by Gasteiger charge is 2.15. The van der Waals surface area contributed by atoms with E-state index in [4.69, 9.17) is 9.15 Å². The smallest absolute Gasteiger partial charge is 0.407 e. The van der Waals surface area contributed by atoms with Crippen LogP contribution in [0.25, 0.3) is 11.0 Å². The molecule has 0 radical (unpaired) electrons. The normalized spacial score (nSPS) is 11.6. The molecule has 7 nitrogen and oxygen atoms in total. The average molecular weight is 466 g/mol. The van der Waals surface area contributed by atoms with Crippen molar-refractivity contribution >= 4 is 23.0 Å². The highest BCUT2D eigenvalue weighted by Crippen LogP contribution is 2.17. The average Bonchev–Trinajstić information content (AvgIpc) is 3.25. The molecule has 2 amide bonds. The number of benzene rings is 2. The number of carbonyl (C=O) groups is 2. The van der Waals surface area contributed by atoms with Crippen molar-refractivity contribution in [2.75, 3.05) is 26.7 Å². The lowest BCUT2D eigenvalue weighted by molar-refractivity contribution is 0.0523. The molecule has 0 aliphatic rings. The van der Waals surface area contributed by atoms with Gasteiger partial charge in [0.1, 0.15) is 11.2 Å². The number of fused-ring (bicyclic) bond motifs is 1. The Morgan fingerprint density at radius 1 is 0.971 bits per heavy atom. The lowest BCUT2D eigenvalue weighted by Crippen LogP contribution is -2.33. The summed E-state index contributed by atoms with van der Waals surface area (Å²) in [5, 5.41) is 6.69. The summed E-state index contributed by atoms with van der Waals surface area (Å²) in [5.74, 6) is -0.0715. The Labute approximate surface area is 201 Å². The van der Waals surface area contributed by atoms with Crippen LogP contribution in [-0.4, -0.2) is 49.2 Å². The summed E-state index contributed by atoms with van der Waals surface area (Å²) >= 11 is 0. The summed E-state index contributed by atoms with van der Waals surface area (Å²) in [6.07, 6.45) is 3.22. The van der Waals surface area contributed by atoms with E-state index < -0.39 is 11.7 Å². The summed E-state index contributed by atoms with van der Waals surface area (Å²) in [4.78, 5) is 26.4. The van der Waals surface area contributed by atoms with Gasteiger partial charge in [0.25, 0.3) is 5.91 Å². The van der Waals surface area contributed by atoms with E-state index in [0.29, 0.717) is 18.7 Å². The Kier molecular flexibility index (Phi) is 8.71. The van der Waals surface area contributed by atoms with Gasteiger partial charge in [0.2, 0.25) is 0 Å². The second kappa shape index (κ2) is 11.7. The zero-order valence-corrected chi connectivity index (χ0v) is 20.5. The van der Waals surface area contributed by atoms with E-state index in [9.17, 15) is 9.59 Å². The van der Waals surface area contributed by atoms with Crippen LogP contribution in [0.5, 0.6) is 0 Å². The minimum absolute atomic E-state index is 0.0715. The molecule has 0 saturated carbocycles. The molecule has 0 bridgehead atoms. The van der Waals surface area contributed by atoms with Gasteiger partial charge in [0, 0.05) is 30.6 Å². The van der Waals surface area contributed by atoms with E-state index >= 15 is 0 Å². The van der Waals surface area contributed by atoms with E-state index in [2.05, 4.69) is 34.7 Å². The number of furan rings is 1. The third-order valence-corrected chi connectivity index (χ3v) is 5.36. The molecule has 2 aromatic carbocycles. The van der Waals surface area contributed by atoms with E-state index in [1.807, 2.05) is 51.1 Å². The molecule has 0 aliphatic heterocycles. The van der Waals surface area contributed by atoms with Gasteiger partial charge in [-0.05, 0) is 82.6 Å². The van der Waals surface area contributed by atoms with Crippen LogP contribution in [0.2, 0.25) is 0 Å². The monoisotopic (exact) mass is 465 g/mol. The van der Waals surface area contributed by atoms with Crippen molar-refractivity contribution < 1.29 is 18.7 Å². The molecule has 1 aromatic heterocycles. The highest BCUT2D eigenvalue weighted by molar-refractivity contribution is 5.97. The number of rotatable bonds is 10. The van der Waals surface area contributed by atoms with Gasteiger partial charge >= 0.3 is 6.09 Å². The molecule has 0 saturated heterocycles. The molecule has 0 unspecified atom stereocenters. The number of hydrogen-bond acceptors (Lipinski definition) is 5. The van der Waals surface area contributed by atoms with E-state index in [1.165, 1.54) is 5.56 Å². The van der Waals surface area contributed by atoms with Crippen LogP contribution in [0.15, 0.2) is 59.2 Å². The third kappa shape index (κ3) is 8.23. The van der Waals surface area contributed by atoms with Crippen molar-refractivity contribution in [2.45, 2.75) is 45.8 Å². The number of hydrogen-bond donors (Lipinski definition) is 2. The van der Waals surface area contributed by atoms with Crippen molar-refractivity contribution in [3.8, 4) is 0 Å². The largest absolute Gasteiger partial charge is 0.464 e. The van der Waals surface area contributed by atoms with Gasteiger partial charge in [-0.1, -0.05) is 24.3 Å². The summed E-state index contributed by atoms with van der Waals surface area (Å²) < 4.78 is 10.6. The Morgan fingerprint density at radius 2 is 1.71 bits per heavy atom. The molecular weight excluding hydrogens is 430 g/mol. The zero-order valence-electron chi connectivity index (χ0n) is 20.5. The molecule has 0 fully saturated rings. The van der Waals surface area contributed by atoms with E-state index in [0.717, 1.165) is 42.5 Å². The highest BCUT2D eigenvalue weighted by atomic mass is 16.6. The topological polar surface area (TPSA) is 83.8 Å². The van der Waals surface area contributed by atoms with Gasteiger partial charge in [-0.2, -0.15) is 0 Å². The molecule has 0 atom stereocenters. The molecule has 1 heterocycles. The van der Waals surface area contributed by atoms with Crippen LogP contribution in [0.1, 0.15) is 48.7 Å². The number of likely N-dealkylation sites (N-methyl/N-ethyl adjacent to an activating group) is 1. The van der Waals surface area contributed by atoms with Crippen molar-refractivity contribution in [3.63, 3.8) is 0 Å². The fraction of sp³-hybridized carbons (Fsp3) is 0.407. The number of nitrogens with zero attached hydrogens (tertiary/aromatic N) is 1. The molecule has 182 valence electrons. The Hall–Kier alpha value is -3.32. The molecule has 34 heavy (non-hydrogen) atoms. The fourth-order valence-corrected chi connectivity index (χ4v) is 3.55. The van der Waals surface area contributed by atoms with E-state index in [-0.39, 0.29) is 5.91 Å². The van der Waals surface area contributed by atoms with Crippen molar-refractivity contribution in [3.05, 3.63) is 71.5 Å². The van der Waals surface area contributed by atoms with Crippen LogP contribution in [0, 0.1) is 0 Å². The van der Waals surface area contributed by atoms with Gasteiger partial charge in [0.15, 0.2) is 0 Å². The molecule has 3 aromatic rings. The first-order chi connectivity index (χ1) is 16.2.